The number of hydrogen-bond acceptors (Lipinski definition) is 4. The van der Waals surface area contributed by atoms with Crippen molar-refractivity contribution in [3.63, 3.8) is 0 Å². The van der Waals surface area contributed by atoms with Gasteiger partial charge in [-0.3, -0.25) is 14.6 Å². The van der Waals surface area contributed by atoms with Crippen LogP contribution in [0.1, 0.15) is 63.1 Å². The van der Waals surface area contributed by atoms with Gasteiger partial charge in [0.15, 0.2) is 0 Å². The molecule has 1 saturated heterocycles. The molecule has 0 bridgehead atoms. The molecule has 1 atom stereocenters. The van der Waals surface area contributed by atoms with Crippen molar-refractivity contribution in [3.8, 4) is 11.3 Å². The Hall–Kier alpha value is -3.34. The van der Waals surface area contributed by atoms with E-state index in [-0.39, 0.29) is 5.92 Å². The van der Waals surface area contributed by atoms with Crippen LogP contribution in [-0.2, 0) is 6.42 Å². The standard InChI is InChI=1S/C30H39N5/c1-4-10-24-15-20-34(21-16-24)35-22-19-31-17-18-33-29(26-11-8-7-9-12-26)30(35)27-13-14-28(32-6-3)25(5-2)23-27/h6-9,11,13-14,17-19,22-24,26,32H,3-5,10,12,15-16,20-21H2,1-2H3. The molecule has 1 unspecified atom stereocenters. The number of piperidine rings is 1. The number of aryl methyl sites for hydroxylation is 1. The highest BCUT2D eigenvalue weighted by Crippen LogP contribution is 2.34. The van der Waals surface area contributed by atoms with E-state index < -0.39 is 0 Å². The summed E-state index contributed by atoms with van der Waals surface area (Å²) in [6.45, 7) is 10.4. The zero-order valence-electron chi connectivity index (χ0n) is 21.2. The molecule has 1 aromatic carbocycles. The maximum atomic E-state index is 5.01. The number of aromatic nitrogens is 3. The number of rotatable bonds is 8. The Morgan fingerprint density at radius 2 is 1.97 bits per heavy atom. The second-order valence-corrected chi connectivity index (χ2v) is 9.37. The molecular formula is C30H39N5. The molecule has 1 aliphatic heterocycles. The first-order valence-corrected chi connectivity index (χ1v) is 13.1. The van der Waals surface area contributed by atoms with Gasteiger partial charge in [0, 0.05) is 55.0 Å². The van der Waals surface area contributed by atoms with E-state index in [2.05, 4.69) is 89.1 Å². The van der Waals surface area contributed by atoms with Crippen LogP contribution >= 0.6 is 0 Å². The first-order valence-electron chi connectivity index (χ1n) is 13.1. The van der Waals surface area contributed by atoms with Gasteiger partial charge in [-0.05, 0) is 55.5 Å². The fraction of sp³-hybridized carbons (Fsp3) is 0.400. The minimum atomic E-state index is 0.210. The van der Waals surface area contributed by atoms with Crippen LogP contribution in [0.4, 0.5) is 5.69 Å². The van der Waals surface area contributed by atoms with Gasteiger partial charge in [-0.15, -0.1) is 0 Å². The first-order chi connectivity index (χ1) is 17.2. The van der Waals surface area contributed by atoms with Gasteiger partial charge in [-0.25, -0.2) is 0 Å². The van der Waals surface area contributed by atoms with E-state index in [4.69, 9.17) is 4.98 Å². The predicted octanol–water partition coefficient (Wildman–Crippen LogP) is 6.94. The molecule has 1 fully saturated rings. The SMILES string of the molecule is C=CNc1ccc(-c2c(C3C=CC=CC3)nccnccn2N2CCC(CCC)CC2)cc1CC. The third-order valence-corrected chi connectivity index (χ3v) is 7.07. The number of nitrogens with zero attached hydrogens (tertiary/aromatic N) is 4. The van der Waals surface area contributed by atoms with Crippen LogP contribution in [0, 0.1) is 5.92 Å². The van der Waals surface area contributed by atoms with Gasteiger partial charge in [0.25, 0.3) is 0 Å². The molecule has 0 radical (unpaired) electrons. The molecule has 2 aliphatic rings. The van der Waals surface area contributed by atoms with Gasteiger partial charge in [0.1, 0.15) is 0 Å². The smallest absolute Gasteiger partial charge is 0.0915 e. The highest BCUT2D eigenvalue weighted by molar-refractivity contribution is 5.69. The summed E-state index contributed by atoms with van der Waals surface area (Å²) in [6.07, 6.45) is 25.0. The van der Waals surface area contributed by atoms with E-state index in [1.54, 1.807) is 12.4 Å². The number of benzene rings is 1. The van der Waals surface area contributed by atoms with Crippen molar-refractivity contribution in [2.24, 2.45) is 5.92 Å². The van der Waals surface area contributed by atoms with E-state index in [1.165, 1.54) is 36.8 Å². The Morgan fingerprint density at radius 1 is 1.11 bits per heavy atom. The Labute approximate surface area is 210 Å². The van der Waals surface area contributed by atoms with E-state index >= 15 is 0 Å². The molecule has 1 aromatic heterocycles. The number of anilines is 1. The lowest BCUT2D eigenvalue weighted by atomic mass is 9.92. The van der Waals surface area contributed by atoms with E-state index in [0.717, 1.165) is 48.9 Å². The van der Waals surface area contributed by atoms with Crippen molar-refractivity contribution in [1.82, 2.24) is 14.6 Å². The summed E-state index contributed by atoms with van der Waals surface area (Å²) < 4.78 is 2.33. The molecule has 0 saturated carbocycles. The van der Waals surface area contributed by atoms with Crippen molar-refractivity contribution < 1.29 is 0 Å². The maximum Gasteiger partial charge on any atom is 0.0915 e. The van der Waals surface area contributed by atoms with Gasteiger partial charge < -0.3 is 10.3 Å². The van der Waals surface area contributed by atoms with E-state index in [9.17, 15) is 0 Å². The lowest BCUT2D eigenvalue weighted by Crippen LogP contribution is -2.42. The van der Waals surface area contributed by atoms with Crippen molar-refractivity contribution in [1.29, 1.82) is 0 Å². The Balaban J connectivity index is 1.90. The number of hydrogen-bond donors (Lipinski definition) is 1. The zero-order valence-corrected chi connectivity index (χ0v) is 21.2. The van der Waals surface area contributed by atoms with Crippen LogP contribution < -0.4 is 10.3 Å². The fourth-order valence-corrected chi connectivity index (χ4v) is 5.24. The van der Waals surface area contributed by atoms with Crippen molar-refractivity contribution in [2.45, 2.75) is 58.3 Å². The molecule has 0 amide bonds. The molecule has 1 N–H and O–H groups in total. The summed E-state index contributed by atoms with van der Waals surface area (Å²) in [5.41, 5.74) is 5.76. The molecule has 0 spiro atoms. The quantitative estimate of drug-likeness (QED) is 0.455. The molecule has 2 heterocycles. The molecule has 184 valence electrons. The Kier molecular flexibility index (Phi) is 8.77. The molecular weight excluding hydrogens is 430 g/mol. The molecule has 5 heteroatoms. The van der Waals surface area contributed by atoms with Crippen LogP contribution in [0.5, 0.6) is 0 Å². The third-order valence-electron chi connectivity index (χ3n) is 7.07. The van der Waals surface area contributed by atoms with Crippen LogP contribution in [0.2, 0.25) is 0 Å². The van der Waals surface area contributed by atoms with E-state index in [0.29, 0.717) is 0 Å². The van der Waals surface area contributed by atoms with Crippen LogP contribution in [0.15, 0.2) is 80.1 Å². The predicted molar refractivity (Wildman–Crippen MR) is 148 cm³/mol. The normalized spacial score (nSPS) is 17.8. The maximum absolute atomic E-state index is 5.01. The summed E-state index contributed by atoms with van der Waals surface area (Å²) in [6, 6.07) is 6.68. The second kappa shape index (κ2) is 12.4. The average molecular weight is 470 g/mol. The number of allylic oxidation sites excluding steroid dienone is 4. The van der Waals surface area contributed by atoms with Crippen molar-refractivity contribution in [2.75, 3.05) is 23.4 Å². The largest absolute Gasteiger partial charge is 0.362 e. The zero-order chi connectivity index (χ0) is 24.5. The van der Waals surface area contributed by atoms with Crippen molar-refractivity contribution in [3.05, 3.63) is 91.3 Å². The lowest BCUT2D eigenvalue weighted by molar-refractivity contribution is 0.343. The van der Waals surface area contributed by atoms with Crippen LogP contribution in [0.25, 0.3) is 11.3 Å². The highest BCUT2D eigenvalue weighted by atomic mass is 15.5. The fourth-order valence-electron chi connectivity index (χ4n) is 5.24. The second-order valence-electron chi connectivity index (χ2n) is 9.37. The summed E-state index contributed by atoms with van der Waals surface area (Å²) in [7, 11) is 0. The minimum Gasteiger partial charge on any atom is -0.362 e. The van der Waals surface area contributed by atoms with Gasteiger partial charge in [-0.1, -0.05) is 63.6 Å². The molecule has 1 aliphatic carbocycles. The third kappa shape index (κ3) is 6.02. The first kappa shape index (κ1) is 24.8. The summed E-state index contributed by atoms with van der Waals surface area (Å²) in [5, 5.41) is 5.78. The average Bonchev–Trinajstić information content (AvgIpc) is 3.01. The van der Waals surface area contributed by atoms with Gasteiger partial charge in [0.05, 0.1) is 11.4 Å². The number of nitrogens with one attached hydrogen (secondary N) is 1. The lowest BCUT2D eigenvalue weighted by Gasteiger charge is -2.36. The molecule has 5 nitrogen and oxygen atoms in total. The molecule has 35 heavy (non-hydrogen) atoms. The van der Waals surface area contributed by atoms with Gasteiger partial charge in [0.2, 0.25) is 0 Å². The highest BCUT2D eigenvalue weighted by Gasteiger charge is 2.23. The molecule has 4 rings (SSSR count). The van der Waals surface area contributed by atoms with E-state index in [1.807, 2.05) is 12.4 Å². The molecule has 2 aromatic rings. The van der Waals surface area contributed by atoms with Crippen molar-refractivity contribution >= 4 is 5.69 Å². The Bertz CT molecular complexity index is 1100. The summed E-state index contributed by atoms with van der Waals surface area (Å²) >= 11 is 0. The topological polar surface area (TPSA) is 46.0 Å². The van der Waals surface area contributed by atoms with Gasteiger partial charge in [-0.2, -0.15) is 0 Å². The Morgan fingerprint density at radius 3 is 2.69 bits per heavy atom. The minimum absolute atomic E-state index is 0.210. The monoisotopic (exact) mass is 469 g/mol. The summed E-state index contributed by atoms with van der Waals surface area (Å²) in [5.74, 6) is 1.03. The summed E-state index contributed by atoms with van der Waals surface area (Å²) in [4.78, 5) is 9.47. The van der Waals surface area contributed by atoms with Gasteiger partial charge >= 0.3 is 0 Å². The van der Waals surface area contributed by atoms with Crippen LogP contribution in [-0.4, -0.2) is 27.7 Å². The van der Waals surface area contributed by atoms with Crippen LogP contribution in [0.3, 0.4) is 0 Å².